The van der Waals surface area contributed by atoms with Crippen molar-refractivity contribution in [2.75, 3.05) is 17.2 Å². The van der Waals surface area contributed by atoms with Crippen LogP contribution in [0.25, 0.3) is 21.6 Å². The summed E-state index contributed by atoms with van der Waals surface area (Å²) in [7, 11) is 0. The van der Waals surface area contributed by atoms with E-state index in [0.29, 0.717) is 18.1 Å². The molecule has 0 aliphatic carbocycles. The van der Waals surface area contributed by atoms with Crippen LogP contribution in [-0.4, -0.2) is 38.0 Å². The molecule has 0 saturated carbocycles. The number of hydrogen-bond donors (Lipinski definition) is 0. The number of para-hydroxylation sites is 1. The van der Waals surface area contributed by atoms with Crippen LogP contribution < -0.4 is 4.90 Å². The Bertz CT molecular complexity index is 1140. The molecular formula is C21H20ClN5OS2. The molecule has 0 saturated heterocycles. The maximum absolute atomic E-state index is 12.9. The number of thiazole rings is 1. The summed E-state index contributed by atoms with van der Waals surface area (Å²) >= 11 is 8.91. The smallest absolute Gasteiger partial charge is 0.239 e. The molecule has 2 aromatic carbocycles. The summed E-state index contributed by atoms with van der Waals surface area (Å²) in [5.41, 5.74) is 1.85. The molecule has 6 nitrogen and oxygen atoms in total. The van der Waals surface area contributed by atoms with E-state index in [9.17, 15) is 4.79 Å². The molecule has 1 amide bonds. The Morgan fingerprint density at radius 1 is 1.13 bits per heavy atom. The zero-order valence-electron chi connectivity index (χ0n) is 16.6. The van der Waals surface area contributed by atoms with Gasteiger partial charge in [-0.25, -0.2) is 4.98 Å². The van der Waals surface area contributed by atoms with Crippen LogP contribution in [0.1, 0.15) is 13.8 Å². The fourth-order valence-electron chi connectivity index (χ4n) is 3.09. The van der Waals surface area contributed by atoms with Crippen molar-refractivity contribution in [3.63, 3.8) is 0 Å². The number of hydrogen-bond acceptors (Lipinski definition) is 6. The fourth-order valence-corrected chi connectivity index (χ4v) is 5.14. The Morgan fingerprint density at radius 3 is 2.60 bits per heavy atom. The lowest BCUT2D eigenvalue weighted by atomic mass is 10.2. The average Bonchev–Trinajstić information content (AvgIpc) is 3.37. The molecule has 4 rings (SSSR count). The first-order valence-electron chi connectivity index (χ1n) is 9.58. The van der Waals surface area contributed by atoms with Crippen LogP contribution in [0.15, 0.2) is 53.7 Å². The number of thioether (sulfide) groups is 1. The van der Waals surface area contributed by atoms with Gasteiger partial charge in [-0.1, -0.05) is 46.8 Å². The molecule has 0 radical (unpaired) electrons. The SMILES string of the molecule is CCN(C(=O)CSc1nnc(-c2ccc(Cl)cc2)n1CC)c1nc2ccccc2s1. The van der Waals surface area contributed by atoms with Gasteiger partial charge in [0.15, 0.2) is 16.1 Å². The number of rotatable bonds is 7. The maximum Gasteiger partial charge on any atom is 0.239 e. The first-order valence-corrected chi connectivity index (χ1v) is 11.8. The van der Waals surface area contributed by atoms with Crippen molar-refractivity contribution >= 4 is 56.0 Å². The normalized spacial score (nSPS) is 11.2. The fraction of sp³-hybridized carbons (Fsp3) is 0.238. The van der Waals surface area contributed by atoms with E-state index in [1.807, 2.05) is 66.9 Å². The van der Waals surface area contributed by atoms with Gasteiger partial charge in [-0.05, 0) is 50.2 Å². The predicted octanol–water partition coefficient (Wildman–Crippen LogP) is 5.37. The third kappa shape index (κ3) is 4.21. The second-order valence-corrected chi connectivity index (χ2v) is 8.84. The first kappa shape index (κ1) is 20.8. The summed E-state index contributed by atoms with van der Waals surface area (Å²) in [5.74, 6) is 1.03. The number of nitrogens with zero attached hydrogens (tertiary/aromatic N) is 5. The van der Waals surface area contributed by atoms with Gasteiger partial charge in [0.2, 0.25) is 5.91 Å². The van der Waals surface area contributed by atoms with Gasteiger partial charge in [-0.2, -0.15) is 0 Å². The highest BCUT2D eigenvalue weighted by Crippen LogP contribution is 2.30. The second kappa shape index (κ2) is 9.16. The standard InChI is InChI=1S/C21H20ClN5OS2/c1-3-26(20-23-16-7-5-6-8-17(16)30-20)18(28)13-29-21-25-24-19(27(21)4-2)14-9-11-15(22)12-10-14/h5-12H,3-4,13H2,1-2H3. The first-order chi connectivity index (χ1) is 14.6. The minimum absolute atomic E-state index is 0.000233. The monoisotopic (exact) mass is 457 g/mol. The van der Waals surface area contributed by atoms with E-state index in [1.165, 1.54) is 23.1 Å². The topological polar surface area (TPSA) is 63.9 Å². The van der Waals surface area contributed by atoms with Crippen LogP contribution in [0.3, 0.4) is 0 Å². The van der Waals surface area contributed by atoms with Gasteiger partial charge in [0.1, 0.15) is 0 Å². The quantitative estimate of drug-likeness (QED) is 0.349. The third-order valence-electron chi connectivity index (χ3n) is 4.59. The van der Waals surface area contributed by atoms with E-state index in [-0.39, 0.29) is 11.7 Å². The van der Waals surface area contributed by atoms with Gasteiger partial charge < -0.3 is 4.57 Å². The molecule has 0 aliphatic heterocycles. The summed E-state index contributed by atoms with van der Waals surface area (Å²) < 4.78 is 3.08. The molecule has 0 bridgehead atoms. The lowest BCUT2D eigenvalue weighted by molar-refractivity contribution is -0.116. The predicted molar refractivity (Wildman–Crippen MR) is 125 cm³/mol. The molecule has 2 aromatic heterocycles. The molecule has 4 aromatic rings. The minimum atomic E-state index is 0.000233. The van der Waals surface area contributed by atoms with E-state index in [0.717, 1.165) is 31.9 Å². The van der Waals surface area contributed by atoms with E-state index in [1.54, 1.807) is 4.90 Å². The molecule has 2 heterocycles. The van der Waals surface area contributed by atoms with Crippen LogP contribution in [-0.2, 0) is 11.3 Å². The van der Waals surface area contributed by atoms with Crippen molar-refractivity contribution in [1.29, 1.82) is 0 Å². The van der Waals surface area contributed by atoms with Crippen LogP contribution in [0.4, 0.5) is 5.13 Å². The summed E-state index contributed by atoms with van der Waals surface area (Å²) in [6.45, 7) is 5.27. The van der Waals surface area contributed by atoms with Crippen LogP contribution >= 0.6 is 34.7 Å². The minimum Gasteiger partial charge on any atom is -0.302 e. The largest absolute Gasteiger partial charge is 0.302 e. The number of benzene rings is 2. The van der Waals surface area contributed by atoms with Crippen molar-refractivity contribution in [3.8, 4) is 11.4 Å². The van der Waals surface area contributed by atoms with Gasteiger partial charge in [-0.3, -0.25) is 9.69 Å². The van der Waals surface area contributed by atoms with Crippen LogP contribution in [0, 0.1) is 0 Å². The van der Waals surface area contributed by atoms with Crippen molar-refractivity contribution < 1.29 is 4.79 Å². The van der Waals surface area contributed by atoms with Crippen molar-refractivity contribution in [1.82, 2.24) is 19.7 Å². The Morgan fingerprint density at radius 2 is 1.90 bits per heavy atom. The number of carbonyl (C=O) groups is 1. The molecule has 0 N–H and O–H groups in total. The molecule has 0 spiro atoms. The van der Waals surface area contributed by atoms with Gasteiger partial charge in [0, 0.05) is 23.7 Å². The van der Waals surface area contributed by atoms with Gasteiger partial charge in [-0.15, -0.1) is 10.2 Å². The number of aromatic nitrogens is 4. The van der Waals surface area contributed by atoms with Gasteiger partial charge in [0.25, 0.3) is 0 Å². The summed E-state index contributed by atoms with van der Waals surface area (Å²) in [4.78, 5) is 19.3. The molecule has 0 fully saturated rings. The van der Waals surface area contributed by atoms with Crippen LogP contribution in [0.5, 0.6) is 0 Å². The van der Waals surface area contributed by atoms with E-state index in [4.69, 9.17) is 11.6 Å². The van der Waals surface area contributed by atoms with E-state index < -0.39 is 0 Å². The summed E-state index contributed by atoms with van der Waals surface area (Å²) in [5, 5.41) is 10.8. The number of carbonyl (C=O) groups excluding carboxylic acids is 1. The highest BCUT2D eigenvalue weighted by Gasteiger charge is 2.20. The molecule has 30 heavy (non-hydrogen) atoms. The molecular weight excluding hydrogens is 438 g/mol. The Kier molecular flexibility index (Phi) is 6.36. The molecule has 154 valence electrons. The van der Waals surface area contributed by atoms with Crippen molar-refractivity contribution in [2.24, 2.45) is 0 Å². The average molecular weight is 458 g/mol. The number of halogens is 1. The van der Waals surface area contributed by atoms with Gasteiger partial charge >= 0.3 is 0 Å². The Balaban J connectivity index is 1.50. The summed E-state index contributed by atoms with van der Waals surface area (Å²) in [6.07, 6.45) is 0. The lowest BCUT2D eigenvalue weighted by Gasteiger charge is -2.17. The molecule has 0 aliphatic rings. The third-order valence-corrected chi connectivity index (χ3v) is 6.85. The second-order valence-electron chi connectivity index (χ2n) is 6.45. The molecule has 9 heteroatoms. The van der Waals surface area contributed by atoms with Crippen molar-refractivity contribution in [2.45, 2.75) is 25.5 Å². The van der Waals surface area contributed by atoms with Crippen LogP contribution in [0.2, 0.25) is 5.02 Å². The van der Waals surface area contributed by atoms with E-state index >= 15 is 0 Å². The Hall–Kier alpha value is -2.42. The number of amides is 1. The number of fused-ring (bicyclic) bond motifs is 1. The molecule has 0 unspecified atom stereocenters. The van der Waals surface area contributed by atoms with Crippen molar-refractivity contribution in [3.05, 3.63) is 53.6 Å². The van der Waals surface area contributed by atoms with Gasteiger partial charge in [0.05, 0.1) is 16.0 Å². The summed E-state index contributed by atoms with van der Waals surface area (Å²) in [6, 6.07) is 15.4. The van der Waals surface area contributed by atoms with E-state index in [2.05, 4.69) is 15.2 Å². The highest BCUT2D eigenvalue weighted by molar-refractivity contribution is 7.99. The molecule has 0 atom stereocenters. The maximum atomic E-state index is 12.9. The number of anilines is 1. The Labute approximate surface area is 187 Å². The lowest BCUT2D eigenvalue weighted by Crippen LogP contribution is -2.32. The highest BCUT2D eigenvalue weighted by atomic mass is 35.5. The zero-order valence-corrected chi connectivity index (χ0v) is 19.0. The zero-order chi connectivity index (χ0) is 21.1.